The van der Waals surface area contributed by atoms with E-state index in [1.165, 1.54) is 0 Å². The molecule has 1 unspecified atom stereocenters. The summed E-state index contributed by atoms with van der Waals surface area (Å²) in [5.74, 6) is 0.835. The summed E-state index contributed by atoms with van der Waals surface area (Å²) in [5, 5.41) is 10.5. The third-order valence-corrected chi connectivity index (χ3v) is 4.77. The standard InChI is InChI=1S/C14H20O2S/c1-3-10-16-12-7-5-4-6-11(12)13(15)14(17-2)8-9-14/h4-7,13,15H,3,8-10H2,1-2H3. The average Bonchev–Trinajstić information content (AvgIpc) is 3.17. The van der Waals surface area contributed by atoms with Gasteiger partial charge < -0.3 is 9.84 Å². The Kier molecular flexibility index (Phi) is 4.00. The molecule has 0 amide bonds. The number of rotatable bonds is 6. The Hall–Kier alpha value is -0.670. The molecule has 0 aromatic heterocycles. The molecule has 0 spiro atoms. The van der Waals surface area contributed by atoms with Crippen LogP contribution in [0.2, 0.25) is 0 Å². The first-order chi connectivity index (χ1) is 8.23. The van der Waals surface area contributed by atoms with E-state index >= 15 is 0 Å². The largest absolute Gasteiger partial charge is 0.493 e. The molecule has 2 nitrogen and oxygen atoms in total. The zero-order valence-electron chi connectivity index (χ0n) is 10.5. The third kappa shape index (κ3) is 2.61. The van der Waals surface area contributed by atoms with Crippen molar-refractivity contribution in [2.24, 2.45) is 0 Å². The van der Waals surface area contributed by atoms with Crippen LogP contribution >= 0.6 is 11.8 Å². The average molecular weight is 252 g/mol. The molecular formula is C14H20O2S. The Morgan fingerprint density at radius 1 is 1.41 bits per heavy atom. The second-order valence-electron chi connectivity index (χ2n) is 4.56. The Balaban J connectivity index is 2.19. The molecule has 1 aliphatic carbocycles. The van der Waals surface area contributed by atoms with E-state index in [1.54, 1.807) is 11.8 Å². The van der Waals surface area contributed by atoms with Gasteiger partial charge in [-0.2, -0.15) is 11.8 Å². The fourth-order valence-electron chi connectivity index (χ4n) is 2.05. The van der Waals surface area contributed by atoms with Crippen molar-refractivity contribution in [3.05, 3.63) is 29.8 Å². The molecule has 0 heterocycles. The fourth-order valence-corrected chi connectivity index (χ4v) is 2.91. The quantitative estimate of drug-likeness (QED) is 0.841. The lowest BCUT2D eigenvalue weighted by atomic mass is 10.0. The van der Waals surface area contributed by atoms with E-state index in [1.807, 2.05) is 24.3 Å². The summed E-state index contributed by atoms with van der Waals surface area (Å²) >= 11 is 1.77. The number of thioether (sulfide) groups is 1. The molecule has 0 radical (unpaired) electrons. The van der Waals surface area contributed by atoms with Gasteiger partial charge in [-0.05, 0) is 31.6 Å². The van der Waals surface area contributed by atoms with Gasteiger partial charge in [0.05, 0.1) is 12.7 Å². The first-order valence-electron chi connectivity index (χ1n) is 6.18. The summed E-state index contributed by atoms with van der Waals surface area (Å²) in [6.07, 6.45) is 4.84. The second-order valence-corrected chi connectivity index (χ2v) is 5.78. The number of aliphatic hydroxyl groups is 1. The van der Waals surface area contributed by atoms with Gasteiger partial charge in [0.2, 0.25) is 0 Å². The van der Waals surface area contributed by atoms with E-state index < -0.39 is 6.10 Å². The molecule has 1 fully saturated rings. The Bertz CT molecular complexity index is 374. The first kappa shape index (κ1) is 12.8. The number of hydrogen-bond acceptors (Lipinski definition) is 3. The SMILES string of the molecule is CCCOc1ccccc1C(O)C1(SC)CC1. The monoisotopic (exact) mass is 252 g/mol. The van der Waals surface area contributed by atoms with E-state index in [4.69, 9.17) is 4.74 Å². The topological polar surface area (TPSA) is 29.5 Å². The summed E-state index contributed by atoms with van der Waals surface area (Å²) in [4.78, 5) is 0. The minimum absolute atomic E-state index is 0.0334. The molecule has 1 N–H and O–H groups in total. The molecule has 2 rings (SSSR count). The van der Waals surface area contributed by atoms with E-state index in [-0.39, 0.29) is 4.75 Å². The van der Waals surface area contributed by atoms with E-state index in [9.17, 15) is 5.11 Å². The molecule has 17 heavy (non-hydrogen) atoms. The molecule has 0 aliphatic heterocycles. The van der Waals surface area contributed by atoms with Gasteiger partial charge >= 0.3 is 0 Å². The van der Waals surface area contributed by atoms with Gasteiger partial charge in [-0.25, -0.2) is 0 Å². The normalized spacial score (nSPS) is 18.8. The van der Waals surface area contributed by atoms with Crippen molar-refractivity contribution in [1.82, 2.24) is 0 Å². The van der Waals surface area contributed by atoms with Crippen molar-refractivity contribution >= 4 is 11.8 Å². The first-order valence-corrected chi connectivity index (χ1v) is 7.41. The highest BCUT2D eigenvalue weighted by Gasteiger charge is 2.49. The predicted octanol–water partition coefficient (Wildman–Crippen LogP) is 3.40. The minimum Gasteiger partial charge on any atom is -0.493 e. The van der Waals surface area contributed by atoms with Gasteiger partial charge in [-0.15, -0.1) is 0 Å². The summed E-state index contributed by atoms with van der Waals surface area (Å²) in [7, 11) is 0. The van der Waals surface area contributed by atoms with E-state index in [0.717, 1.165) is 30.6 Å². The highest BCUT2D eigenvalue weighted by Crippen LogP contribution is 2.56. The molecule has 1 aliphatic rings. The number of hydrogen-bond donors (Lipinski definition) is 1. The van der Waals surface area contributed by atoms with Crippen LogP contribution in [0.3, 0.4) is 0 Å². The summed E-state index contributed by atoms with van der Waals surface area (Å²) in [6.45, 7) is 2.79. The fraction of sp³-hybridized carbons (Fsp3) is 0.571. The van der Waals surface area contributed by atoms with Crippen LogP contribution in [0, 0.1) is 0 Å². The maximum Gasteiger partial charge on any atom is 0.125 e. The number of ether oxygens (including phenoxy) is 1. The molecule has 1 saturated carbocycles. The Morgan fingerprint density at radius 2 is 2.12 bits per heavy atom. The van der Waals surface area contributed by atoms with Crippen molar-refractivity contribution < 1.29 is 9.84 Å². The summed E-state index contributed by atoms with van der Waals surface area (Å²) in [6, 6.07) is 7.85. The predicted molar refractivity (Wildman–Crippen MR) is 72.7 cm³/mol. The zero-order chi connectivity index (χ0) is 12.3. The molecule has 1 aromatic rings. The number of aliphatic hydroxyl groups excluding tert-OH is 1. The van der Waals surface area contributed by atoms with Gasteiger partial charge in [0.15, 0.2) is 0 Å². The minimum atomic E-state index is -0.412. The van der Waals surface area contributed by atoms with Crippen molar-refractivity contribution in [1.29, 1.82) is 0 Å². The van der Waals surface area contributed by atoms with Crippen molar-refractivity contribution in [3.8, 4) is 5.75 Å². The van der Waals surface area contributed by atoms with Gasteiger partial charge in [0.1, 0.15) is 5.75 Å². The maximum atomic E-state index is 10.5. The number of para-hydroxylation sites is 1. The molecule has 0 saturated heterocycles. The number of benzene rings is 1. The van der Waals surface area contributed by atoms with E-state index in [0.29, 0.717) is 6.61 Å². The van der Waals surface area contributed by atoms with Crippen LogP contribution in [-0.4, -0.2) is 22.7 Å². The van der Waals surface area contributed by atoms with Crippen LogP contribution in [0.5, 0.6) is 5.75 Å². The van der Waals surface area contributed by atoms with Crippen LogP contribution in [0.4, 0.5) is 0 Å². The lowest BCUT2D eigenvalue weighted by molar-refractivity contribution is 0.161. The van der Waals surface area contributed by atoms with Crippen LogP contribution in [0.25, 0.3) is 0 Å². The van der Waals surface area contributed by atoms with Crippen LogP contribution in [0.1, 0.15) is 37.9 Å². The molecule has 1 aromatic carbocycles. The van der Waals surface area contributed by atoms with Crippen molar-refractivity contribution in [2.45, 2.75) is 37.0 Å². The molecule has 3 heteroatoms. The van der Waals surface area contributed by atoms with Gasteiger partial charge in [-0.1, -0.05) is 25.1 Å². The van der Waals surface area contributed by atoms with Gasteiger partial charge in [0, 0.05) is 10.3 Å². The van der Waals surface area contributed by atoms with E-state index in [2.05, 4.69) is 13.2 Å². The molecule has 94 valence electrons. The van der Waals surface area contributed by atoms with Crippen molar-refractivity contribution in [2.75, 3.05) is 12.9 Å². The maximum absolute atomic E-state index is 10.5. The van der Waals surface area contributed by atoms with Crippen LogP contribution in [0.15, 0.2) is 24.3 Å². The smallest absolute Gasteiger partial charge is 0.125 e. The summed E-state index contributed by atoms with van der Waals surface area (Å²) in [5.41, 5.74) is 0.938. The van der Waals surface area contributed by atoms with Gasteiger partial charge in [0.25, 0.3) is 0 Å². The lowest BCUT2D eigenvalue weighted by Crippen LogP contribution is -2.17. The highest BCUT2D eigenvalue weighted by molar-refractivity contribution is 8.00. The highest BCUT2D eigenvalue weighted by atomic mass is 32.2. The van der Waals surface area contributed by atoms with Crippen LogP contribution in [-0.2, 0) is 0 Å². The second kappa shape index (κ2) is 5.32. The zero-order valence-corrected chi connectivity index (χ0v) is 11.3. The molecule has 0 bridgehead atoms. The van der Waals surface area contributed by atoms with Gasteiger partial charge in [-0.3, -0.25) is 0 Å². The lowest BCUT2D eigenvalue weighted by Gasteiger charge is -2.22. The summed E-state index contributed by atoms with van der Waals surface area (Å²) < 4.78 is 5.74. The third-order valence-electron chi connectivity index (χ3n) is 3.32. The Morgan fingerprint density at radius 3 is 2.71 bits per heavy atom. The van der Waals surface area contributed by atoms with Crippen molar-refractivity contribution in [3.63, 3.8) is 0 Å². The molecular weight excluding hydrogens is 232 g/mol. The van der Waals surface area contributed by atoms with Crippen LogP contribution < -0.4 is 4.74 Å². The Labute approximate surface area is 107 Å². The molecule has 1 atom stereocenters.